The second-order valence-electron chi connectivity index (χ2n) is 4.13. The number of nitrogens with zero attached hydrogens (tertiary/aromatic N) is 1. The predicted octanol–water partition coefficient (Wildman–Crippen LogP) is 3.75. The van der Waals surface area contributed by atoms with Crippen molar-refractivity contribution in [2.75, 3.05) is 11.9 Å². The molecule has 1 aromatic rings. The molecule has 2 rings (SSSR count). The fraction of sp³-hybridized carbons (Fsp3) is 0.286. The Morgan fingerprint density at radius 3 is 2.33 bits per heavy atom. The molecular weight excluding hydrogens is 182 g/mol. The molecule has 0 radical (unpaired) electrons. The molecule has 1 aromatic carbocycles. The van der Waals surface area contributed by atoms with Gasteiger partial charge >= 0.3 is 0 Å². The minimum absolute atomic E-state index is 1.11. The fourth-order valence-electron chi connectivity index (χ4n) is 2.18. The van der Waals surface area contributed by atoms with Gasteiger partial charge in [-0.05, 0) is 43.0 Å². The lowest BCUT2D eigenvalue weighted by Crippen LogP contribution is -2.16. The van der Waals surface area contributed by atoms with Gasteiger partial charge in [0, 0.05) is 18.4 Å². The number of anilines is 1. The second-order valence-corrected chi connectivity index (χ2v) is 4.13. The van der Waals surface area contributed by atoms with E-state index in [0.717, 1.165) is 12.8 Å². The Morgan fingerprint density at radius 1 is 1.13 bits per heavy atom. The summed E-state index contributed by atoms with van der Waals surface area (Å²) in [4.78, 5) is 2.24. The summed E-state index contributed by atoms with van der Waals surface area (Å²) in [5, 5.41) is 0. The molecule has 0 saturated carbocycles. The minimum atomic E-state index is 1.11. The first-order valence-corrected chi connectivity index (χ1v) is 5.37. The summed E-state index contributed by atoms with van der Waals surface area (Å²) in [5.74, 6) is 0. The van der Waals surface area contributed by atoms with E-state index >= 15 is 0 Å². The molecule has 0 spiro atoms. The van der Waals surface area contributed by atoms with Crippen molar-refractivity contribution >= 4 is 5.69 Å². The standard InChI is InChI=1S/C14H17N/c1-11-9-10-12(2)14(11)15(3)13-7-5-4-6-8-13/h4-8H,1,9-10H2,2-3H3. The SMILES string of the molecule is C=C1CCC(C)=C1N(C)c1ccccc1. The molecule has 0 amide bonds. The van der Waals surface area contributed by atoms with Crippen LogP contribution in [0.4, 0.5) is 5.69 Å². The van der Waals surface area contributed by atoms with Gasteiger partial charge in [-0.15, -0.1) is 0 Å². The molecule has 0 heterocycles. The lowest BCUT2D eigenvalue weighted by molar-refractivity contribution is 1.01. The maximum absolute atomic E-state index is 4.13. The maximum Gasteiger partial charge on any atom is 0.0423 e. The molecule has 1 aliphatic rings. The van der Waals surface area contributed by atoms with E-state index in [1.165, 1.54) is 22.5 Å². The van der Waals surface area contributed by atoms with Gasteiger partial charge in [0.25, 0.3) is 0 Å². The zero-order valence-corrected chi connectivity index (χ0v) is 9.46. The summed E-state index contributed by atoms with van der Waals surface area (Å²) < 4.78 is 0. The van der Waals surface area contributed by atoms with Gasteiger partial charge in [0.05, 0.1) is 0 Å². The molecule has 0 saturated heterocycles. The monoisotopic (exact) mass is 199 g/mol. The Kier molecular flexibility index (Phi) is 2.63. The van der Waals surface area contributed by atoms with Crippen molar-refractivity contribution in [3.63, 3.8) is 0 Å². The van der Waals surface area contributed by atoms with E-state index in [2.05, 4.69) is 49.7 Å². The molecule has 0 aliphatic heterocycles. The van der Waals surface area contributed by atoms with Gasteiger partial charge < -0.3 is 4.90 Å². The van der Waals surface area contributed by atoms with Gasteiger partial charge in [-0.25, -0.2) is 0 Å². The first-order chi connectivity index (χ1) is 7.20. The van der Waals surface area contributed by atoms with Crippen molar-refractivity contribution in [2.45, 2.75) is 19.8 Å². The quantitative estimate of drug-likeness (QED) is 0.701. The highest BCUT2D eigenvalue weighted by Gasteiger charge is 2.19. The fourth-order valence-corrected chi connectivity index (χ4v) is 2.18. The Bertz CT molecular complexity index is 401. The zero-order valence-electron chi connectivity index (χ0n) is 9.46. The zero-order chi connectivity index (χ0) is 10.8. The van der Waals surface area contributed by atoms with Crippen LogP contribution >= 0.6 is 0 Å². The third-order valence-electron chi connectivity index (χ3n) is 3.02. The van der Waals surface area contributed by atoms with Gasteiger partial charge in [-0.3, -0.25) is 0 Å². The summed E-state index contributed by atoms with van der Waals surface area (Å²) in [7, 11) is 2.12. The van der Waals surface area contributed by atoms with E-state index in [4.69, 9.17) is 0 Å². The number of hydrogen-bond donors (Lipinski definition) is 0. The van der Waals surface area contributed by atoms with Crippen molar-refractivity contribution in [1.82, 2.24) is 0 Å². The first-order valence-electron chi connectivity index (χ1n) is 5.37. The van der Waals surface area contributed by atoms with E-state index < -0.39 is 0 Å². The Morgan fingerprint density at radius 2 is 1.80 bits per heavy atom. The van der Waals surface area contributed by atoms with Crippen LogP contribution in [0.1, 0.15) is 19.8 Å². The van der Waals surface area contributed by atoms with E-state index in [1.54, 1.807) is 0 Å². The van der Waals surface area contributed by atoms with E-state index in [-0.39, 0.29) is 0 Å². The molecule has 1 heteroatoms. The Balaban J connectivity index is 2.33. The first kappa shape index (κ1) is 10.0. The van der Waals surface area contributed by atoms with Crippen LogP contribution in [0.15, 0.2) is 53.8 Å². The third kappa shape index (κ3) is 1.82. The van der Waals surface area contributed by atoms with E-state index in [0.29, 0.717) is 0 Å². The van der Waals surface area contributed by atoms with E-state index in [9.17, 15) is 0 Å². The van der Waals surface area contributed by atoms with Crippen molar-refractivity contribution in [3.8, 4) is 0 Å². The van der Waals surface area contributed by atoms with Crippen LogP contribution in [-0.2, 0) is 0 Å². The number of hydrogen-bond acceptors (Lipinski definition) is 1. The highest BCUT2D eigenvalue weighted by atomic mass is 15.1. The molecule has 1 aliphatic carbocycles. The molecular formula is C14H17N. The molecule has 0 aromatic heterocycles. The molecule has 0 bridgehead atoms. The van der Waals surface area contributed by atoms with Crippen LogP contribution in [0, 0.1) is 0 Å². The molecule has 0 N–H and O–H groups in total. The van der Waals surface area contributed by atoms with Gasteiger partial charge in [0.15, 0.2) is 0 Å². The summed E-state index contributed by atoms with van der Waals surface area (Å²) in [6.07, 6.45) is 2.27. The minimum Gasteiger partial charge on any atom is -0.344 e. The predicted molar refractivity (Wildman–Crippen MR) is 65.9 cm³/mol. The van der Waals surface area contributed by atoms with Crippen LogP contribution < -0.4 is 4.90 Å². The normalized spacial score (nSPS) is 16.0. The number of para-hydroxylation sites is 1. The Hall–Kier alpha value is -1.50. The van der Waals surface area contributed by atoms with Gasteiger partial charge in [0.1, 0.15) is 0 Å². The van der Waals surface area contributed by atoms with Crippen molar-refractivity contribution in [3.05, 3.63) is 53.8 Å². The summed E-state index contributed by atoms with van der Waals surface area (Å²) in [5.41, 5.74) is 5.27. The molecule has 0 unspecified atom stereocenters. The van der Waals surface area contributed by atoms with E-state index in [1.807, 2.05) is 6.07 Å². The highest BCUT2D eigenvalue weighted by molar-refractivity contribution is 5.58. The summed E-state index contributed by atoms with van der Waals surface area (Å²) in [6.45, 7) is 6.33. The van der Waals surface area contributed by atoms with Crippen LogP contribution in [0.25, 0.3) is 0 Å². The maximum atomic E-state index is 4.13. The Labute approximate surface area is 91.7 Å². The topological polar surface area (TPSA) is 3.24 Å². The van der Waals surface area contributed by atoms with Gasteiger partial charge in [-0.2, -0.15) is 0 Å². The van der Waals surface area contributed by atoms with Crippen molar-refractivity contribution in [2.24, 2.45) is 0 Å². The average molecular weight is 199 g/mol. The summed E-state index contributed by atoms with van der Waals surface area (Å²) >= 11 is 0. The number of likely N-dealkylation sites (N-methyl/N-ethyl adjacent to an activating group) is 1. The number of rotatable bonds is 2. The van der Waals surface area contributed by atoms with Crippen LogP contribution in [0.2, 0.25) is 0 Å². The lowest BCUT2D eigenvalue weighted by Gasteiger charge is -2.22. The molecule has 0 atom stereocenters. The molecule has 0 fully saturated rings. The molecule has 1 nitrogen and oxygen atoms in total. The average Bonchev–Trinajstić information content (AvgIpc) is 2.59. The van der Waals surface area contributed by atoms with Crippen molar-refractivity contribution < 1.29 is 0 Å². The van der Waals surface area contributed by atoms with Crippen molar-refractivity contribution in [1.29, 1.82) is 0 Å². The van der Waals surface area contributed by atoms with Crippen LogP contribution in [0.5, 0.6) is 0 Å². The largest absolute Gasteiger partial charge is 0.344 e. The molecule has 78 valence electrons. The molecule has 15 heavy (non-hydrogen) atoms. The van der Waals surface area contributed by atoms with Crippen LogP contribution in [-0.4, -0.2) is 7.05 Å². The third-order valence-corrected chi connectivity index (χ3v) is 3.02. The number of allylic oxidation sites excluding steroid dienone is 2. The number of benzene rings is 1. The summed E-state index contributed by atoms with van der Waals surface area (Å²) in [6, 6.07) is 10.4. The van der Waals surface area contributed by atoms with Gasteiger partial charge in [0.2, 0.25) is 0 Å². The van der Waals surface area contributed by atoms with Gasteiger partial charge in [-0.1, -0.05) is 24.8 Å². The van der Waals surface area contributed by atoms with Crippen LogP contribution in [0.3, 0.4) is 0 Å². The second kappa shape index (κ2) is 3.93. The highest BCUT2D eigenvalue weighted by Crippen LogP contribution is 2.33. The smallest absolute Gasteiger partial charge is 0.0423 e. The lowest BCUT2D eigenvalue weighted by atomic mass is 10.2.